The summed E-state index contributed by atoms with van der Waals surface area (Å²) >= 11 is 0. The smallest absolute Gasteiger partial charge is 0.00963 e. The van der Waals surface area contributed by atoms with E-state index in [-0.39, 0.29) is 0 Å². The van der Waals surface area contributed by atoms with Crippen LogP contribution in [0.2, 0.25) is 0 Å². The molecule has 0 bridgehead atoms. The maximum absolute atomic E-state index is 5.56. The molecule has 2 heteroatoms. The molecule has 1 saturated heterocycles. The molecule has 0 aromatic heterocycles. The number of hydrogen-bond donors (Lipinski definition) is 1. The Morgan fingerprint density at radius 3 is 2.93 bits per heavy atom. The van der Waals surface area contributed by atoms with Crippen LogP contribution in [0.4, 0.5) is 0 Å². The summed E-state index contributed by atoms with van der Waals surface area (Å²) in [5.41, 5.74) is 5.56. The SMILES string of the molecule is CCC(C)CN1CCCC1CCCN. The molecule has 0 aliphatic carbocycles. The molecule has 1 fully saturated rings. The third kappa shape index (κ3) is 3.58. The maximum atomic E-state index is 5.56. The first-order valence-corrected chi connectivity index (χ1v) is 6.22. The quantitative estimate of drug-likeness (QED) is 0.709. The summed E-state index contributed by atoms with van der Waals surface area (Å²) < 4.78 is 0. The molecule has 2 atom stereocenters. The van der Waals surface area contributed by atoms with E-state index in [0.29, 0.717) is 0 Å². The van der Waals surface area contributed by atoms with Crippen LogP contribution in [0.5, 0.6) is 0 Å². The van der Waals surface area contributed by atoms with E-state index < -0.39 is 0 Å². The highest BCUT2D eigenvalue weighted by Gasteiger charge is 2.24. The van der Waals surface area contributed by atoms with E-state index in [2.05, 4.69) is 18.7 Å². The summed E-state index contributed by atoms with van der Waals surface area (Å²) in [5, 5.41) is 0. The molecule has 0 aromatic carbocycles. The average molecular weight is 198 g/mol. The number of likely N-dealkylation sites (tertiary alicyclic amines) is 1. The highest BCUT2D eigenvalue weighted by molar-refractivity contribution is 4.80. The second-order valence-corrected chi connectivity index (χ2v) is 4.74. The van der Waals surface area contributed by atoms with Gasteiger partial charge in [0.15, 0.2) is 0 Å². The Morgan fingerprint density at radius 1 is 1.50 bits per heavy atom. The maximum Gasteiger partial charge on any atom is 0.00963 e. The van der Waals surface area contributed by atoms with E-state index in [0.717, 1.165) is 18.5 Å². The standard InChI is InChI=1S/C12H26N2/c1-3-11(2)10-14-9-5-7-12(14)6-4-8-13/h11-12H,3-10,13H2,1-2H3. The predicted molar refractivity (Wildman–Crippen MR) is 62.3 cm³/mol. The number of nitrogens with zero attached hydrogens (tertiary/aromatic N) is 1. The van der Waals surface area contributed by atoms with E-state index in [1.54, 1.807) is 0 Å². The molecular formula is C12H26N2. The lowest BCUT2D eigenvalue weighted by Crippen LogP contribution is -2.33. The number of rotatable bonds is 6. The van der Waals surface area contributed by atoms with Crippen molar-refractivity contribution in [3.8, 4) is 0 Å². The highest BCUT2D eigenvalue weighted by Crippen LogP contribution is 2.22. The van der Waals surface area contributed by atoms with Crippen LogP contribution in [0.3, 0.4) is 0 Å². The van der Waals surface area contributed by atoms with Crippen molar-refractivity contribution < 1.29 is 0 Å². The summed E-state index contributed by atoms with van der Waals surface area (Å²) in [6.07, 6.45) is 6.61. The molecule has 0 spiro atoms. The fourth-order valence-corrected chi connectivity index (χ4v) is 2.35. The minimum Gasteiger partial charge on any atom is -0.330 e. The molecule has 2 nitrogen and oxygen atoms in total. The first-order valence-electron chi connectivity index (χ1n) is 6.22. The average Bonchev–Trinajstić information content (AvgIpc) is 2.62. The van der Waals surface area contributed by atoms with Gasteiger partial charge in [-0.3, -0.25) is 0 Å². The Bertz CT molecular complexity index is 147. The van der Waals surface area contributed by atoms with Gasteiger partial charge in [-0.15, -0.1) is 0 Å². The Labute approximate surface area is 88.8 Å². The molecule has 2 unspecified atom stereocenters. The van der Waals surface area contributed by atoms with Crippen molar-refractivity contribution in [3.05, 3.63) is 0 Å². The van der Waals surface area contributed by atoms with Crippen molar-refractivity contribution in [3.63, 3.8) is 0 Å². The molecule has 1 aliphatic rings. The zero-order valence-electron chi connectivity index (χ0n) is 9.84. The van der Waals surface area contributed by atoms with Crippen molar-refractivity contribution in [1.29, 1.82) is 0 Å². The van der Waals surface area contributed by atoms with Gasteiger partial charge >= 0.3 is 0 Å². The largest absolute Gasteiger partial charge is 0.330 e. The second-order valence-electron chi connectivity index (χ2n) is 4.74. The van der Waals surface area contributed by atoms with Crippen molar-refractivity contribution in [1.82, 2.24) is 4.90 Å². The first-order chi connectivity index (χ1) is 6.77. The van der Waals surface area contributed by atoms with Crippen LogP contribution in [0, 0.1) is 5.92 Å². The van der Waals surface area contributed by atoms with Crippen LogP contribution in [0.15, 0.2) is 0 Å². The van der Waals surface area contributed by atoms with Crippen molar-refractivity contribution >= 4 is 0 Å². The summed E-state index contributed by atoms with van der Waals surface area (Å²) in [6.45, 7) is 8.12. The van der Waals surface area contributed by atoms with Gasteiger partial charge in [0.1, 0.15) is 0 Å². The fourth-order valence-electron chi connectivity index (χ4n) is 2.35. The Morgan fingerprint density at radius 2 is 2.29 bits per heavy atom. The molecule has 14 heavy (non-hydrogen) atoms. The Balaban J connectivity index is 2.27. The molecule has 1 rings (SSSR count). The second kappa shape index (κ2) is 6.41. The van der Waals surface area contributed by atoms with E-state index in [4.69, 9.17) is 5.73 Å². The lowest BCUT2D eigenvalue weighted by atomic mass is 10.1. The van der Waals surface area contributed by atoms with Crippen LogP contribution in [0.1, 0.15) is 46.0 Å². The van der Waals surface area contributed by atoms with Gasteiger partial charge in [-0.1, -0.05) is 20.3 Å². The van der Waals surface area contributed by atoms with E-state index >= 15 is 0 Å². The first kappa shape index (κ1) is 12.0. The lowest BCUT2D eigenvalue weighted by molar-refractivity contribution is 0.208. The van der Waals surface area contributed by atoms with Gasteiger partial charge in [0.05, 0.1) is 0 Å². The van der Waals surface area contributed by atoms with Crippen LogP contribution in [-0.4, -0.2) is 30.6 Å². The van der Waals surface area contributed by atoms with Crippen LogP contribution in [0.25, 0.3) is 0 Å². The third-order valence-corrected chi connectivity index (χ3v) is 3.48. The summed E-state index contributed by atoms with van der Waals surface area (Å²) in [5.74, 6) is 0.855. The third-order valence-electron chi connectivity index (χ3n) is 3.48. The monoisotopic (exact) mass is 198 g/mol. The van der Waals surface area contributed by atoms with Crippen LogP contribution < -0.4 is 5.73 Å². The fraction of sp³-hybridized carbons (Fsp3) is 1.00. The predicted octanol–water partition coefficient (Wildman–Crippen LogP) is 2.24. The van der Waals surface area contributed by atoms with Gasteiger partial charge < -0.3 is 10.6 Å². The van der Waals surface area contributed by atoms with Crippen LogP contribution in [-0.2, 0) is 0 Å². The Hall–Kier alpha value is -0.0800. The van der Waals surface area contributed by atoms with Crippen molar-refractivity contribution in [2.75, 3.05) is 19.6 Å². The molecule has 1 aliphatic heterocycles. The van der Waals surface area contributed by atoms with Crippen LogP contribution >= 0.6 is 0 Å². The van der Waals surface area contributed by atoms with Gasteiger partial charge in [-0.05, 0) is 44.7 Å². The lowest BCUT2D eigenvalue weighted by Gasteiger charge is -2.26. The molecule has 0 radical (unpaired) electrons. The molecule has 84 valence electrons. The normalized spacial score (nSPS) is 25.5. The minimum absolute atomic E-state index is 0.840. The molecule has 0 saturated carbocycles. The zero-order chi connectivity index (χ0) is 10.4. The number of hydrogen-bond acceptors (Lipinski definition) is 2. The topological polar surface area (TPSA) is 29.3 Å². The van der Waals surface area contributed by atoms with E-state index in [9.17, 15) is 0 Å². The summed E-state index contributed by atoms with van der Waals surface area (Å²) in [4.78, 5) is 2.68. The molecule has 0 aromatic rings. The molecule has 1 heterocycles. The highest BCUT2D eigenvalue weighted by atomic mass is 15.2. The van der Waals surface area contributed by atoms with Crippen molar-refractivity contribution in [2.45, 2.75) is 52.0 Å². The van der Waals surface area contributed by atoms with Crippen molar-refractivity contribution in [2.24, 2.45) is 11.7 Å². The molecule has 0 amide bonds. The van der Waals surface area contributed by atoms with Gasteiger partial charge in [0.2, 0.25) is 0 Å². The van der Waals surface area contributed by atoms with Gasteiger partial charge in [0.25, 0.3) is 0 Å². The number of nitrogens with two attached hydrogens (primary N) is 1. The summed E-state index contributed by atoms with van der Waals surface area (Å²) in [6, 6.07) is 0.840. The van der Waals surface area contributed by atoms with Gasteiger partial charge in [-0.2, -0.15) is 0 Å². The molecular weight excluding hydrogens is 172 g/mol. The molecule has 2 N–H and O–H groups in total. The van der Waals surface area contributed by atoms with Gasteiger partial charge in [0, 0.05) is 12.6 Å². The zero-order valence-corrected chi connectivity index (χ0v) is 9.84. The van der Waals surface area contributed by atoms with E-state index in [1.165, 1.54) is 45.2 Å². The summed E-state index contributed by atoms with van der Waals surface area (Å²) in [7, 11) is 0. The Kier molecular flexibility index (Phi) is 5.49. The minimum atomic E-state index is 0.840. The van der Waals surface area contributed by atoms with Gasteiger partial charge in [-0.25, -0.2) is 0 Å². The van der Waals surface area contributed by atoms with E-state index in [1.807, 2.05) is 0 Å².